The molecule has 1 aliphatic carbocycles. The zero-order valence-electron chi connectivity index (χ0n) is 8.96. The van der Waals surface area contributed by atoms with Gasteiger partial charge in [-0.3, -0.25) is 4.79 Å². The Morgan fingerprint density at radius 2 is 2.00 bits per heavy atom. The number of carbonyl (C=O) groups excluding carboxylic acids is 1. The van der Waals surface area contributed by atoms with E-state index in [9.17, 15) is 4.79 Å². The van der Waals surface area contributed by atoms with Crippen molar-refractivity contribution < 1.29 is 4.79 Å². The van der Waals surface area contributed by atoms with Gasteiger partial charge in [0.25, 0.3) is 0 Å². The number of ketones is 1. The third-order valence-electron chi connectivity index (χ3n) is 3.07. The number of Topliss-reactive ketones (excluding diaryl/α,β-unsaturated/α-hetero) is 1. The van der Waals surface area contributed by atoms with Crippen LogP contribution in [0, 0.1) is 0 Å². The molecule has 0 fully saturated rings. The molecule has 0 saturated carbocycles. The highest BCUT2D eigenvalue weighted by Gasteiger charge is 2.20. The number of hydrogen-bond acceptors (Lipinski definition) is 2. The summed E-state index contributed by atoms with van der Waals surface area (Å²) >= 11 is 12.1. The molecule has 0 atom stereocenters. The zero-order valence-corrected chi connectivity index (χ0v) is 10.5. The molecule has 86 valence electrons. The van der Waals surface area contributed by atoms with Gasteiger partial charge in [-0.2, -0.15) is 0 Å². The molecule has 0 N–H and O–H groups in total. The van der Waals surface area contributed by atoms with E-state index in [-0.39, 0.29) is 5.78 Å². The average molecular weight is 266 g/mol. The van der Waals surface area contributed by atoms with Gasteiger partial charge in [-0.05, 0) is 30.5 Å². The van der Waals surface area contributed by atoms with Crippen LogP contribution < -0.4 is 0 Å². The molecule has 1 aromatic carbocycles. The number of pyridine rings is 1. The van der Waals surface area contributed by atoms with E-state index in [4.69, 9.17) is 23.2 Å². The molecule has 1 aromatic heterocycles. The second-order valence-electron chi connectivity index (χ2n) is 4.21. The molecule has 0 amide bonds. The molecule has 1 heterocycles. The van der Waals surface area contributed by atoms with Gasteiger partial charge in [0.2, 0.25) is 0 Å². The van der Waals surface area contributed by atoms with Gasteiger partial charge in [0, 0.05) is 11.8 Å². The summed E-state index contributed by atoms with van der Waals surface area (Å²) in [5.41, 5.74) is 2.20. The maximum Gasteiger partial charge on any atom is 0.181 e. The van der Waals surface area contributed by atoms with Gasteiger partial charge in [0.1, 0.15) is 5.69 Å². The fourth-order valence-electron chi connectivity index (χ4n) is 2.21. The predicted molar refractivity (Wildman–Crippen MR) is 69.0 cm³/mol. The fourth-order valence-corrected chi connectivity index (χ4v) is 2.58. The Kier molecular flexibility index (Phi) is 2.57. The SMILES string of the molecule is O=C1CCCc2cc3ccc(Cl)c(Cl)c3nc21. The number of rotatable bonds is 0. The van der Waals surface area contributed by atoms with Crippen LogP contribution in [0.15, 0.2) is 18.2 Å². The summed E-state index contributed by atoms with van der Waals surface area (Å²) in [5.74, 6) is 0.101. The number of aryl methyl sites for hydroxylation is 1. The van der Waals surface area contributed by atoms with E-state index in [1.165, 1.54) is 0 Å². The Morgan fingerprint density at radius 1 is 1.18 bits per heavy atom. The predicted octanol–water partition coefficient (Wildman–Crippen LogP) is 4.06. The van der Waals surface area contributed by atoms with E-state index < -0.39 is 0 Å². The molecule has 4 heteroatoms. The Balaban J connectivity index is 2.36. The van der Waals surface area contributed by atoms with Crippen molar-refractivity contribution in [3.63, 3.8) is 0 Å². The van der Waals surface area contributed by atoms with Crippen molar-refractivity contribution in [2.45, 2.75) is 19.3 Å². The molecular weight excluding hydrogens is 257 g/mol. The number of carbonyl (C=O) groups is 1. The number of aromatic nitrogens is 1. The molecule has 0 radical (unpaired) electrons. The highest BCUT2D eigenvalue weighted by molar-refractivity contribution is 6.45. The first-order valence-electron chi connectivity index (χ1n) is 5.47. The topological polar surface area (TPSA) is 30.0 Å². The van der Waals surface area contributed by atoms with E-state index in [2.05, 4.69) is 4.98 Å². The maximum absolute atomic E-state index is 11.8. The Labute approximate surface area is 109 Å². The summed E-state index contributed by atoms with van der Waals surface area (Å²) in [5, 5.41) is 1.83. The second kappa shape index (κ2) is 3.97. The molecule has 0 unspecified atom stereocenters. The van der Waals surface area contributed by atoms with E-state index in [1.807, 2.05) is 12.1 Å². The molecule has 3 rings (SSSR count). The summed E-state index contributed by atoms with van der Waals surface area (Å²) in [4.78, 5) is 16.2. The summed E-state index contributed by atoms with van der Waals surface area (Å²) in [6.45, 7) is 0. The van der Waals surface area contributed by atoms with Gasteiger partial charge < -0.3 is 0 Å². The third-order valence-corrected chi connectivity index (χ3v) is 3.87. The molecule has 0 aliphatic heterocycles. The van der Waals surface area contributed by atoms with Gasteiger partial charge in [0.05, 0.1) is 15.6 Å². The van der Waals surface area contributed by atoms with E-state index in [0.29, 0.717) is 27.7 Å². The minimum Gasteiger partial charge on any atom is -0.292 e. The van der Waals surface area contributed by atoms with Gasteiger partial charge >= 0.3 is 0 Å². The van der Waals surface area contributed by atoms with Crippen LogP contribution in [0.25, 0.3) is 10.9 Å². The van der Waals surface area contributed by atoms with Crippen LogP contribution in [0.5, 0.6) is 0 Å². The smallest absolute Gasteiger partial charge is 0.181 e. The van der Waals surface area contributed by atoms with Crippen molar-refractivity contribution in [3.05, 3.63) is 39.5 Å². The van der Waals surface area contributed by atoms with E-state index >= 15 is 0 Å². The van der Waals surface area contributed by atoms with Gasteiger partial charge in [-0.15, -0.1) is 0 Å². The molecule has 1 aliphatic rings. The van der Waals surface area contributed by atoms with Crippen LogP contribution >= 0.6 is 23.2 Å². The second-order valence-corrected chi connectivity index (χ2v) is 4.99. The van der Waals surface area contributed by atoms with E-state index in [1.54, 1.807) is 6.07 Å². The van der Waals surface area contributed by atoms with Crippen LogP contribution in [0.1, 0.15) is 28.9 Å². The highest BCUT2D eigenvalue weighted by Crippen LogP contribution is 2.32. The minimum absolute atomic E-state index is 0.101. The number of fused-ring (bicyclic) bond motifs is 2. The van der Waals surface area contributed by atoms with Crippen molar-refractivity contribution in [1.82, 2.24) is 4.98 Å². The molecular formula is C13H9Cl2NO. The average Bonchev–Trinajstić information content (AvgIpc) is 2.33. The van der Waals surface area contributed by atoms with Crippen molar-refractivity contribution in [2.75, 3.05) is 0 Å². The molecule has 0 bridgehead atoms. The zero-order chi connectivity index (χ0) is 12.0. The first-order valence-corrected chi connectivity index (χ1v) is 6.23. The lowest BCUT2D eigenvalue weighted by molar-refractivity contribution is 0.0967. The first kappa shape index (κ1) is 11.0. The molecule has 0 spiro atoms. The monoisotopic (exact) mass is 265 g/mol. The molecule has 2 aromatic rings. The number of benzene rings is 1. The lowest BCUT2D eigenvalue weighted by Gasteiger charge is -2.15. The maximum atomic E-state index is 11.8. The van der Waals surface area contributed by atoms with Crippen LogP contribution in [-0.4, -0.2) is 10.8 Å². The summed E-state index contributed by atoms with van der Waals surface area (Å²) < 4.78 is 0. The van der Waals surface area contributed by atoms with Gasteiger partial charge in [-0.1, -0.05) is 29.3 Å². The molecule has 2 nitrogen and oxygen atoms in total. The van der Waals surface area contributed by atoms with Gasteiger partial charge in [-0.25, -0.2) is 4.98 Å². The summed E-state index contributed by atoms with van der Waals surface area (Å²) in [7, 11) is 0. The Bertz CT molecular complexity index is 637. The van der Waals surface area contributed by atoms with Crippen molar-refractivity contribution in [2.24, 2.45) is 0 Å². The van der Waals surface area contributed by atoms with Crippen molar-refractivity contribution in [3.8, 4) is 0 Å². The fraction of sp³-hybridized carbons (Fsp3) is 0.231. The van der Waals surface area contributed by atoms with Gasteiger partial charge in [0.15, 0.2) is 5.78 Å². The van der Waals surface area contributed by atoms with Crippen molar-refractivity contribution >= 4 is 39.9 Å². The summed E-state index contributed by atoms with van der Waals surface area (Å²) in [6, 6.07) is 5.64. The number of nitrogens with zero attached hydrogens (tertiary/aromatic N) is 1. The van der Waals surface area contributed by atoms with E-state index in [0.717, 1.165) is 23.8 Å². The van der Waals surface area contributed by atoms with Crippen molar-refractivity contribution in [1.29, 1.82) is 0 Å². The van der Waals surface area contributed by atoms with Crippen LogP contribution in [-0.2, 0) is 6.42 Å². The Hall–Kier alpha value is -1.12. The largest absolute Gasteiger partial charge is 0.292 e. The molecule has 17 heavy (non-hydrogen) atoms. The Morgan fingerprint density at radius 3 is 2.82 bits per heavy atom. The number of halogens is 2. The minimum atomic E-state index is 0.101. The lowest BCUT2D eigenvalue weighted by Crippen LogP contribution is -2.13. The van der Waals surface area contributed by atoms with Crippen LogP contribution in [0.3, 0.4) is 0 Å². The number of hydrogen-bond donors (Lipinski definition) is 0. The van der Waals surface area contributed by atoms with Crippen LogP contribution in [0.2, 0.25) is 10.0 Å². The quantitative estimate of drug-likeness (QED) is 0.719. The van der Waals surface area contributed by atoms with Crippen LogP contribution in [0.4, 0.5) is 0 Å². The summed E-state index contributed by atoms with van der Waals surface area (Å²) in [6.07, 6.45) is 2.38. The highest BCUT2D eigenvalue weighted by atomic mass is 35.5. The normalized spacial score (nSPS) is 15.1. The molecule has 0 saturated heterocycles. The first-order chi connectivity index (χ1) is 8.16. The third kappa shape index (κ3) is 1.72. The standard InChI is InChI=1S/C13H9Cl2NO/c14-9-5-4-8-6-7-2-1-3-10(17)12(7)16-13(8)11(9)15/h4-6H,1-3H2. The lowest BCUT2D eigenvalue weighted by atomic mass is 9.94.